The molecule has 1 heterocycles. The van der Waals surface area contributed by atoms with Crippen LogP contribution in [0.1, 0.15) is 31.4 Å². The van der Waals surface area contributed by atoms with Crippen molar-refractivity contribution in [3.63, 3.8) is 0 Å². The molecule has 7 heteroatoms. The fourth-order valence-corrected chi connectivity index (χ4v) is 3.19. The molecule has 1 amide bonds. The van der Waals surface area contributed by atoms with Gasteiger partial charge >= 0.3 is 0 Å². The number of carbonyl (C=O) groups excluding carboxylic acids is 1. The van der Waals surface area contributed by atoms with Crippen LogP contribution in [0.15, 0.2) is 48.2 Å². The van der Waals surface area contributed by atoms with Crippen LogP contribution in [0.5, 0.6) is 11.5 Å². The minimum absolute atomic E-state index is 0.133. The summed E-state index contributed by atoms with van der Waals surface area (Å²) in [6.07, 6.45) is 2.58. The number of hydrogen-bond acceptors (Lipinski definition) is 4. The predicted molar refractivity (Wildman–Crippen MR) is 114 cm³/mol. The molecule has 0 saturated carbocycles. The Balaban J connectivity index is 1.77. The van der Waals surface area contributed by atoms with Crippen molar-refractivity contribution in [1.29, 1.82) is 0 Å². The summed E-state index contributed by atoms with van der Waals surface area (Å²) in [5.74, 6) is 0.731. The molecular weight excluding hydrogens is 391 g/mol. The minimum atomic E-state index is -0.284. The van der Waals surface area contributed by atoms with Gasteiger partial charge in [0, 0.05) is 6.54 Å². The summed E-state index contributed by atoms with van der Waals surface area (Å²) in [6.45, 7) is 5.23. The van der Waals surface area contributed by atoms with Gasteiger partial charge < -0.3 is 14.8 Å². The average molecular weight is 415 g/mol. The first-order valence-corrected chi connectivity index (χ1v) is 9.91. The van der Waals surface area contributed by atoms with Crippen molar-refractivity contribution in [2.75, 3.05) is 13.2 Å². The second kappa shape index (κ2) is 9.52. The molecule has 0 aliphatic carbocycles. The van der Waals surface area contributed by atoms with E-state index in [2.05, 4.69) is 5.32 Å². The predicted octanol–water partition coefficient (Wildman–Crippen LogP) is 4.27. The summed E-state index contributed by atoms with van der Waals surface area (Å²) in [7, 11) is 0. The molecule has 0 aromatic heterocycles. The van der Waals surface area contributed by atoms with Crippen LogP contribution in [-0.4, -0.2) is 29.1 Å². The number of benzene rings is 2. The van der Waals surface area contributed by atoms with E-state index in [0.717, 1.165) is 17.5 Å². The van der Waals surface area contributed by atoms with E-state index in [0.29, 0.717) is 42.1 Å². The number of hydrogen-bond donors (Lipinski definition) is 1. The normalized spacial score (nSPS) is 15.0. The molecule has 1 aliphatic heterocycles. The van der Waals surface area contributed by atoms with E-state index in [1.807, 2.05) is 26.0 Å². The summed E-state index contributed by atoms with van der Waals surface area (Å²) in [4.78, 5) is 14.1. The van der Waals surface area contributed by atoms with Gasteiger partial charge in [0.05, 0.1) is 6.61 Å². The van der Waals surface area contributed by atoms with Crippen LogP contribution in [0, 0.1) is 5.82 Å². The van der Waals surface area contributed by atoms with Crippen LogP contribution in [0.2, 0.25) is 0 Å². The Morgan fingerprint density at radius 1 is 1.10 bits per heavy atom. The highest BCUT2D eigenvalue weighted by atomic mass is 32.1. The van der Waals surface area contributed by atoms with Crippen LogP contribution in [0.3, 0.4) is 0 Å². The van der Waals surface area contributed by atoms with Crippen LogP contribution < -0.4 is 14.8 Å². The molecule has 0 unspecified atom stereocenters. The monoisotopic (exact) mass is 414 g/mol. The van der Waals surface area contributed by atoms with Gasteiger partial charge in [-0.2, -0.15) is 0 Å². The number of ether oxygens (including phenoxy) is 2. The van der Waals surface area contributed by atoms with E-state index in [1.54, 1.807) is 29.2 Å². The molecule has 3 rings (SSSR count). The van der Waals surface area contributed by atoms with Crippen LogP contribution in [-0.2, 0) is 11.4 Å². The standard InChI is InChI=1S/C22H23FN2O3S/c1-3-11-25-21(26)18(24-22(25)29)12-16-7-10-19(20(13-16)27-4-2)28-14-15-5-8-17(23)9-6-15/h5-10,12-13H,3-4,11,14H2,1-2H3,(H,24,29)/b18-12-. The maximum absolute atomic E-state index is 13.0. The number of thiocarbonyl (C=S) groups is 1. The lowest BCUT2D eigenvalue weighted by Gasteiger charge is -2.13. The quantitative estimate of drug-likeness (QED) is 0.516. The zero-order chi connectivity index (χ0) is 20.8. The second-order valence-electron chi connectivity index (χ2n) is 6.50. The summed E-state index contributed by atoms with van der Waals surface area (Å²) in [5.41, 5.74) is 2.08. The van der Waals surface area contributed by atoms with E-state index in [4.69, 9.17) is 21.7 Å². The third-order valence-corrected chi connectivity index (χ3v) is 4.62. The van der Waals surface area contributed by atoms with Gasteiger partial charge in [-0.1, -0.05) is 25.1 Å². The zero-order valence-corrected chi connectivity index (χ0v) is 17.2. The van der Waals surface area contributed by atoms with Crippen molar-refractivity contribution >= 4 is 29.3 Å². The fourth-order valence-electron chi connectivity index (χ4n) is 2.91. The Morgan fingerprint density at radius 2 is 1.86 bits per heavy atom. The van der Waals surface area contributed by atoms with Crippen molar-refractivity contribution in [3.05, 3.63) is 65.1 Å². The van der Waals surface area contributed by atoms with Gasteiger partial charge in [-0.05, 0) is 67.0 Å². The molecule has 0 atom stereocenters. The van der Waals surface area contributed by atoms with Crippen LogP contribution in [0.25, 0.3) is 6.08 Å². The van der Waals surface area contributed by atoms with Gasteiger partial charge in [0.15, 0.2) is 16.6 Å². The van der Waals surface area contributed by atoms with E-state index in [9.17, 15) is 9.18 Å². The lowest BCUT2D eigenvalue weighted by molar-refractivity contribution is -0.122. The van der Waals surface area contributed by atoms with E-state index >= 15 is 0 Å². The number of amides is 1. The molecule has 0 radical (unpaired) electrons. The lowest BCUT2D eigenvalue weighted by Crippen LogP contribution is -2.31. The highest BCUT2D eigenvalue weighted by Gasteiger charge is 2.29. The number of carbonyl (C=O) groups is 1. The molecule has 1 aliphatic rings. The van der Waals surface area contributed by atoms with Gasteiger partial charge in [0.1, 0.15) is 18.1 Å². The van der Waals surface area contributed by atoms with Crippen LogP contribution >= 0.6 is 12.2 Å². The summed E-state index contributed by atoms with van der Waals surface area (Å²) in [5, 5.41) is 3.39. The molecule has 29 heavy (non-hydrogen) atoms. The Hall–Kier alpha value is -2.93. The smallest absolute Gasteiger partial charge is 0.276 e. The summed E-state index contributed by atoms with van der Waals surface area (Å²) < 4.78 is 24.6. The molecular formula is C22H23FN2O3S. The van der Waals surface area contributed by atoms with Gasteiger partial charge in [-0.15, -0.1) is 0 Å². The van der Waals surface area contributed by atoms with Gasteiger partial charge in [-0.3, -0.25) is 9.69 Å². The largest absolute Gasteiger partial charge is 0.490 e. The third kappa shape index (κ3) is 5.12. The lowest BCUT2D eigenvalue weighted by atomic mass is 10.1. The molecule has 1 N–H and O–H groups in total. The average Bonchev–Trinajstić information content (AvgIpc) is 2.97. The van der Waals surface area contributed by atoms with Crippen molar-refractivity contribution in [2.45, 2.75) is 26.9 Å². The van der Waals surface area contributed by atoms with E-state index < -0.39 is 0 Å². The fraction of sp³-hybridized carbons (Fsp3) is 0.273. The topological polar surface area (TPSA) is 50.8 Å². The third-order valence-electron chi connectivity index (χ3n) is 4.30. The molecule has 1 fully saturated rings. The van der Waals surface area contributed by atoms with Crippen molar-refractivity contribution in [2.24, 2.45) is 0 Å². The van der Waals surface area contributed by atoms with E-state index in [1.165, 1.54) is 12.1 Å². The summed E-state index contributed by atoms with van der Waals surface area (Å²) >= 11 is 5.24. The maximum atomic E-state index is 13.0. The molecule has 5 nitrogen and oxygen atoms in total. The second-order valence-corrected chi connectivity index (χ2v) is 6.89. The van der Waals surface area contributed by atoms with Gasteiger partial charge in [0.2, 0.25) is 0 Å². The Labute approximate surface area is 175 Å². The molecule has 2 aromatic rings. The van der Waals surface area contributed by atoms with Crippen molar-refractivity contribution in [1.82, 2.24) is 10.2 Å². The minimum Gasteiger partial charge on any atom is -0.490 e. The zero-order valence-electron chi connectivity index (χ0n) is 16.4. The van der Waals surface area contributed by atoms with Crippen molar-refractivity contribution < 1.29 is 18.7 Å². The Bertz CT molecular complexity index is 928. The molecule has 0 spiro atoms. The summed E-state index contributed by atoms with van der Waals surface area (Å²) in [6, 6.07) is 11.6. The van der Waals surface area contributed by atoms with Crippen LogP contribution in [0.4, 0.5) is 4.39 Å². The Morgan fingerprint density at radius 3 is 2.55 bits per heavy atom. The molecule has 1 saturated heterocycles. The van der Waals surface area contributed by atoms with Gasteiger partial charge in [-0.25, -0.2) is 4.39 Å². The molecule has 152 valence electrons. The molecule has 2 aromatic carbocycles. The number of nitrogens with one attached hydrogen (secondary N) is 1. The molecule has 0 bridgehead atoms. The highest BCUT2D eigenvalue weighted by Crippen LogP contribution is 2.30. The van der Waals surface area contributed by atoms with Crippen molar-refractivity contribution in [3.8, 4) is 11.5 Å². The first-order valence-electron chi connectivity index (χ1n) is 9.50. The first-order chi connectivity index (χ1) is 14.0. The van der Waals surface area contributed by atoms with Gasteiger partial charge in [0.25, 0.3) is 5.91 Å². The first kappa shape index (κ1) is 20.8. The maximum Gasteiger partial charge on any atom is 0.276 e. The number of halogens is 1. The number of rotatable bonds is 8. The number of nitrogens with zero attached hydrogens (tertiary/aromatic N) is 1. The Kier molecular flexibility index (Phi) is 6.82. The van der Waals surface area contributed by atoms with E-state index in [-0.39, 0.29) is 11.7 Å². The SMILES string of the molecule is CCCN1C(=O)/C(=C/c2ccc(OCc3ccc(F)cc3)c(OCC)c2)NC1=S. The highest BCUT2D eigenvalue weighted by molar-refractivity contribution is 7.80.